The van der Waals surface area contributed by atoms with Crippen molar-refractivity contribution < 1.29 is 23.8 Å². The number of nitrogens with two attached hydrogens (primary N) is 1. The van der Waals surface area contributed by atoms with Crippen LogP contribution in [0.5, 0.6) is 17.2 Å². The number of allylic oxidation sites excluding steroid dienone is 3. The van der Waals surface area contributed by atoms with Crippen LogP contribution in [0.4, 0.5) is 5.13 Å². The molecule has 2 aromatic carbocycles. The number of ether oxygens (including phenoxy) is 3. The number of aromatic nitrogens is 2. The highest BCUT2D eigenvalue weighted by atomic mass is 32.2. The lowest BCUT2D eigenvalue weighted by Gasteiger charge is -2.38. The summed E-state index contributed by atoms with van der Waals surface area (Å²) < 4.78 is 17.3. The van der Waals surface area contributed by atoms with Crippen molar-refractivity contribution >= 4 is 39.8 Å². The Kier molecular flexibility index (Phi) is 8.51. The number of nitriles is 1. The molecule has 2 heterocycles. The predicted molar refractivity (Wildman–Crippen MR) is 160 cm³/mol. The van der Waals surface area contributed by atoms with E-state index >= 15 is 0 Å². The standard InChI is InChI=1S/C30H29N5O5S2/c1-16-8-10-17(11-9-16)22(37)15-41-30-34-33-29(42-30)35-20-6-5-7-21(36)25(20)24(19(14-31)28(35)32)18-12-13-23(38-2)27(40-4)26(18)39-3/h8-13,24H,5-7,15,32H2,1-4H3. The van der Waals surface area contributed by atoms with Crippen molar-refractivity contribution in [2.45, 2.75) is 36.4 Å². The van der Waals surface area contributed by atoms with Crippen LogP contribution in [-0.2, 0) is 4.79 Å². The molecule has 0 spiro atoms. The van der Waals surface area contributed by atoms with Gasteiger partial charge in [0.05, 0.1) is 44.6 Å². The van der Waals surface area contributed by atoms with Crippen molar-refractivity contribution in [2.75, 3.05) is 32.0 Å². The molecule has 1 aromatic heterocycles. The Hall–Kier alpha value is -4.34. The number of ketones is 2. The number of hydrogen-bond acceptors (Lipinski definition) is 12. The minimum atomic E-state index is -0.766. The van der Waals surface area contributed by atoms with Gasteiger partial charge >= 0.3 is 0 Å². The minimum absolute atomic E-state index is 0.0181. The number of rotatable bonds is 9. The van der Waals surface area contributed by atoms with E-state index in [9.17, 15) is 14.9 Å². The second-order valence-electron chi connectivity index (χ2n) is 9.67. The zero-order valence-corrected chi connectivity index (χ0v) is 25.2. The maximum absolute atomic E-state index is 13.5. The van der Waals surface area contributed by atoms with Crippen LogP contribution < -0.4 is 24.8 Å². The molecule has 0 fully saturated rings. The molecule has 3 aromatic rings. The smallest absolute Gasteiger partial charge is 0.219 e. The molecule has 0 amide bonds. The number of carbonyl (C=O) groups is 2. The Labute approximate surface area is 251 Å². The molecular formula is C30H29N5O5S2. The van der Waals surface area contributed by atoms with Gasteiger partial charge in [0.1, 0.15) is 5.82 Å². The minimum Gasteiger partial charge on any atom is -0.493 e. The average molecular weight is 604 g/mol. The molecule has 1 atom stereocenters. The highest BCUT2D eigenvalue weighted by Crippen LogP contribution is 2.52. The van der Waals surface area contributed by atoms with Gasteiger partial charge in [-0.05, 0) is 25.8 Å². The molecule has 10 nitrogen and oxygen atoms in total. The molecule has 1 aliphatic carbocycles. The van der Waals surface area contributed by atoms with Gasteiger partial charge in [0.25, 0.3) is 0 Å². The fourth-order valence-electron chi connectivity index (χ4n) is 5.27. The first-order valence-corrected chi connectivity index (χ1v) is 14.9. The van der Waals surface area contributed by atoms with Gasteiger partial charge in [0, 0.05) is 28.8 Å². The van der Waals surface area contributed by atoms with Gasteiger partial charge in [-0.25, -0.2) is 0 Å². The third kappa shape index (κ3) is 5.21. The van der Waals surface area contributed by atoms with E-state index in [1.54, 1.807) is 17.0 Å². The number of Topliss-reactive ketones (excluding diaryl/α,β-unsaturated/α-hetero) is 2. The number of anilines is 1. The highest BCUT2D eigenvalue weighted by molar-refractivity contribution is 8.01. The summed E-state index contributed by atoms with van der Waals surface area (Å²) in [6.45, 7) is 1.97. The van der Waals surface area contributed by atoms with E-state index in [1.807, 2.05) is 31.2 Å². The van der Waals surface area contributed by atoms with Gasteiger partial charge in [-0.3, -0.25) is 14.5 Å². The summed E-state index contributed by atoms with van der Waals surface area (Å²) in [5, 5.41) is 19.4. The van der Waals surface area contributed by atoms with Gasteiger partial charge in [-0.1, -0.05) is 59.0 Å². The van der Waals surface area contributed by atoms with Crippen LogP contribution in [-0.4, -0.2) is 48.8 Å². The van der Waals surface area contributed by atoms with Crippen molar-refractivity contribution in [3.63, 3.8) is 0 Å². The highest BCUT2D eigenvalue weighted by Gasteiger charge is 2.43. The number of thioether (sulfide) groups is 1. The third-order valence-corrected chi connectivity index (χ3v) is 9.29. The first-order valence-electron chi connectivity index (χ1n) is 13.1. The van der Waals surface area contributed by atoms with Crippen LogP contribution in [0.2, 0.25) is 0 Å². The number of carbonyl (C=O) groups excluding carboxylic acids is 2. The summed E-state index contributed by atoms with van der Waals surface area (Å²) in [6.07, 6.45) is 1.53. The van der Waals surface area contributed by atoms with Gasteiger partial charge in [0.15, 0.2) is 27.4 Å². The molecule has 2 N–H and O–H groups in total. The summed E-state index contributed by atoms with van der Waals surface area (Å²) in [6, 6.07) is 13.2. The second-order valence-corrected chi connectivity index (χ2v) is 11.8. The summed E-state index contributed by atoms with van der Waals surface area (Å²) in [4.78, 5) is 27.9. The lowest BCUT2D eigenvalue weighted by atomic mass is 9.75. The van der Waals surface area contributed by atoms with E-state index in [4.69, 9.17) is 19.9 Å². The summed E-state index contributed by atoms with van der Waals surface area (Å²) in [7, 11) is 4.52. The zero-order valence-electron chi connectivity index (χ0n) is 23.6. The van der Waals surface area contributed by atoms with E-state index in [-0.39, 0.29) is 28.7 Å². The number of nitrogens with zero attached hydrogens (tertiary/aromatic N) is 4. The topological polar surface area (TPSA) is 141 Å². The summed E-state index contributed by atoms with van der Waals surface area (Å²) in [5.74, 6) is 0.659. The fourth-order valence-corrected chi connectivity index (χ4v) is 7.04. The third-order valence-electron chi connectivity index (χ3n) is 7.25. The summed E-state index contributed by atoms with van der Waals surface area (Å²) in [5.41, 5.74) is 10.3. The van der Waals surface area contributed by atoms with Crippen molar-refractivity contribution in [3.8, 4) is 23.3 Å². The fraction of sp³-hybridized carbons (Fsp3) is 0.300. The maximum atomic E-state index is 13.5. The Bertz CT molecular complexity index is 1660. The number of hydrogen-bond donors (Lipinski definition) is 1. The molecule has 5 rings (SSSR count). The lowest BCUT2D eigenvalue weighted by molar-refractivity contribution is -0.116. The number of benzene rings is 2. The zero-order chi connectivity index (χ0) is 30.0. The number of aryl methyl sites for hydroxylation is 1. The predicted octanol–water partition coefficient (Wildman–Crippen LogP) is 5.15. The average Bonchev–Trinajstić information content (AvgIpc) is 3.47. The largest absolute Gasteiger partial charge is 0.493 e. The Morgan fingerprint density at radius 3 is 2.50 bits per heavy atom. The first kappa shape index (κ1) is 29.2. The van der Waals surface area contributed by atoms with Crippen LogP contribution in [0, 0.1) is 18.3 Å². The molecule has 1 unspecified atom stereocenters. The van der Waals surface area contributed by atoms with E-state index in [2.05, 4.69) is 16.3 Å². The maximum Gasteiger partial charge on any atom is 0.219 e. The molecule has 42 heavy (non-hydrogen) atoms. The van der Waals surface area contributed by atoms with E-state index in [0.717, 1.165) is 5.56 Å². The van der Waals surface area contributed by atoms with E-state index in [0.29, 0.717) is 68.4 Å². The van der Waals surface area contributed by atoms with Gasteiger partial charge in [-0.15, -0.1) is 10.2 Å². The van der Waals surface area contributed by atoms with Crippen LogP contribution in [0.3, 0.4) is 0 Å². The van der Waals surface area contributed by atoms with Crippen LogP contribution in [0.15, 0.2) is 63.4 Å². The molecule has 0 saturated heterocycles. The molecule has 0 radical (unpaired) electrons. The lowest BCUT2D eigenvalue weighted by Crippen LogP contribution is -2.38. The van der Waals surface area contributed by atoms with Crippen molar-refractivity contribution in [1.82, 2.24) is 10.2 Å². The molecular weight excluding hydrogens is 574 g/mol. The molecule has 1 aliphatic heterocycles. The van der Waals surface area contributed by atoms with E-state index < -0.39 is 5.92 Å². The van der Waals surface area contributed by atoms with Crippen molar-refractivity contribution in [2.24, 2.45) is 5.73 Å². The SMILES string of the molecule is COc1ccc(C2C(C#N)=C(N)N(c3nnc(SCC(=O)c4ccc(C)cc4)s3)C3=C2C(=O)CCC3)c(OC)c1OC. The van der Waals surface area contributed by atoms with E-state index in [1.165, 1.54) is 44.4 Å². The molecule has 0 saturated carbocycles. The van der Waals surface area contributed by atoms with Crippen molar-refractivity contribution in [1.29, 1.82) is 5.26 Å². The van der Waals surface area contributed by atoms with Crippen LogP contribution in [0.25, 0.3) is 0 Å². The normalized spacial score (nSPS) is 16.7. The van der Waals surface area contributed by atoms with Crippen molar-refractivity contribution in [3.05, 3.63) is 75.8 Å². The monoisotopic (exact) mass is 603 g/mol. The second kappa shape index (κ2) is 12.3. The Morgan fingerprint density at radius 2 is 1.83 bits per heavy atom. The molecule has 12 heteroatoms. The quantitative estimate of drug-likeness (QED) is 0.256. The molecule has 2 aliphatic rings. The van der Waals surface area contributed by atoms with Gasteiger partial charge in [-0.2, -0.15) is 5.26 Å². The van der Waals surface area contributed by atoms with Crippen LogP contribution >= 0.6 is 23.1 Å². The van der Waals surface area contributed by atoms with Gasteiger partial charge < -0.3 is 19.9 Å². The Balaban J connectivity index is 1.53. The molecule has 216 valence electrons. The Morgan fingerprint density at radius 1 is 1.10 bits per heavy atom. The number of methoxy groups -OCH3 is 3. The first-order chi connectivity index (χ1) is 20.3. The van der Waals surface area contributed by atoms with Crippen LogP contribution in [0.1, 0.15) is 46.7 Å². The summed E-state index contributed by atoms with van der Waals surface area (Å²) >= 11 is 2.53. The molecule has 0 bridgehead atoms. The van der Waals surface area contributed by atoms with Gasteiger partial charge in [0.2, 0.25) is 10.9 Å².